The van der Waals surface area contributed by atoms with E-state index in [0.717, 1.165) is 6.54 Å². The standard InChI is InChI=1S/C13H23NO2S/c1-13(2,3)12(16)6-11(8-15)14-7-10-4-5-17-9-10/h4-5,9,11-12,14-16H,6-8H2,1-3H3/t11-,12-/m1/s1. The van der Waals surface area contributed by atoms with E-state index >= 15 is 0 Å². The molecule has 1 aromatic rings. The van der Waals surface area contributed by atoms with Crippen LogP contribution in [0.25, 0.3) is 0 Å². The molecule has 0 aliphatic carbocycles. The van der Waals surface area contributed by atoms with Crippen molar-refractivity contribution in [3.63, 3.8) is 0 Å². The summed E-state index contributed by atoms with van der Waals surface area (Å²) in [5, 5.41) is 26.7. The molecule has 0 amide bonds. The summed E-state index contributed by atoms with van der Waals surface area (Å²) < 4.78 is 0. The van der Waals surface area contributed by atoms with Gasteiger partial charge in [-0.05, 0) is 34.2 Å². The molecule has 0 bridgehead atoms. The number of hydrogen-bond acceptors (Lipinski definition) is 4. The van der Waals surface area contributed by atoms with Gasteiger partial charge in [0, 0.05) is 12.6 Å². The molecule has 0 radical (unpaired) electrons. The first-order valence-corrected chi connectivity index (χ1v) is 6.91. The number of thiophene rings is 1. The molecule has 1 heterocycles. The minimum atomic E-state index is -0.408. The number of nitrogens with one attached hydrogen (secondary N) is 1. The molecule has 3 nitrogen and oxygen atoms in total. The normalized spacial score (nSPS) is 15.8. The van der Waals surface area contributed by atoms with Gasteiger partial charge < -0.3 is 15.5 Å². The van der Waals surface area contributed by atoms with Crippen molar-refractivity contribution in [1.82, 2.24) is 5.32 Å². The highest BCUT2D eigenvalue weighted by Crippen LogP contribution is 2.22. The molecule has 1 aromatic heterocycles. The van der Waals surface area contributed by atoms with E-state index in [1.807, 2.05) is 26.2 Å². The second kappa shape index (κ2) is 6.50. The number of aliphatic hydroxyl groups is 2. The van der Waals surface area contributed by atoms with Crippen LogP contribution in [0.2, 0.25) is 0 Å². The summed E-state index contributed by atoms with van der Waals surface area (Å²) in [7, 11) is 0. The van der Waals surface area contributed by atoms with E-state index in [0.29, 0.717) is 6.42 Å². The topological polar surface area (TPSA) is 52.5 Å². The van der Waals surface area contributed by atoms with E-state index < -0.39 is 6.10 Å². The highest BCUT2D eigenvalue weighted by Gasteiger charge is 2.25. The van der Waals surface area contributed by atoms with Crippen LogP contribution in [0.1, 0.15) is 32.8 Å². The summed E-state index contributed by atoms with van der Waals surface area (Å²) in [5.41, 5.74) is 1.08. The molecule has 3 N–H and O–H groups in total. The van der Waals surface area contributed by atoms with Gasteiger partial charge in [-0.25, -0.2) is 0 Å². The molecule has 0 saturated carbocycles. The average Bonchev–Trinajstić information content (AvgIpc) is 2.75. The Hall–Kier alpha value is -0.420. The van der Waals surface area contributed by atoms with Gasteiger partial charge in [0.05, 0.1) is 12.7 Å². The van der Waals surface area contributed by atoms with Crippen LogP contribution in [0.5, 0.6) is 0 Å². The van der Waals surface area contributed by atoms with Gasteiger partial charge in [-0.2, -0.15) is 11.3 Å². The predicted molar refractivity (Wildman–Crippen MR) is 72.1 cm³/mol. The maximum absolute atomic E-state index is 10.00. The fourth-order valence-electron chi connectivity index (χ4n) is 1.50. The van der Waals surface area contributed by atoms with E-state index in [2.05, 4.69) is 16.8 Å². The van der Waals surface area contributed by atoms with E-state index in [1.54, 1.807) is 11.3 Å². The van der Waals surface area contributed by atoms with Crippen LogP contribution in [0.4, 0.5) is 0 Å². The maximum Gasteiger partial charge on any atom is 0.0604 e. The quantitative estimate of drug-likeness (QED) is 0.730. The number of aliphatic hydroxyl groups excluding tert-OH is 2. The Morgan fingerprint density at radius 3 is 2.59 bits per heavy atom. The summed E-state index contributed by atoms with van der Waals surface area (Å²) in [6, 6.07) is 2.01. The first-order chi connectivity index (χ1) is 7.93. The molecular weight excluding hydrogens is 234 g/mol. The third-order valence-electron chi connectivity index (χ3n) is 2.90. The van der Waals surface area contributed by atoms with Crippen molar-refractivity contribution in [2.24, 2.45) is 5.41 Å². The zero-order valence-electron chi connectivity index (χ0n) is 10.8. The minimum Gasteiger partial charge on any atom is -0.395 e. The van der Waals surface area contributed by atoms with Crippen LogP contribution in [0.15, 0.2) is 16.8 Å². The lowest BCUT2D eigenvalue weighted by Gasteiger charge is -2.29. The van der Waals surface area contributed by atoms with Gasteiger partial charge in [-0.3, -0.25) is 0 Å². The molecule has 0 aliphatic heterocycles. The minimum absolute atomic E-state index is 0.0517. The Kier molecular flexibility index (Phi) is 5.59. The van der Waals surface area contributed by atoms with E-state index in [1.165, 1.54) is 5.56 Å². The van der Waals surface area contributed by atoms with Crippen LogP contribution >= 0.6 is 11.3 Å². The molecular formula is C13H23NO2S. The Morgan fingerprint density at radius 2 is 2.12 bits per heavy atom. The molecule has 1 rings (SSSR count). The molecule has 0 fully saturated rings. The molecule has 4 heteroatoms. The fraction of sp³-hybridized carbons (Fsp3) is 0.692. The lowest BCUT2D eigenvalue weighted by Crippen LogP contribution is -2.39. The molecule has 17 heavy (non-hydrogen) atoms. The maximum atomic E-state index is 10.00. The number of rotatable bonds is 6. The van der Waals surface area contributed by atoms with Crippen molar-refractivity contribution >= 4 is 11.3 Å². The summed E-state index contributed by atoms with van der Waals surface area (Å²) in [5.74, 6) is 0. The molecule has 0 saturated heterocycles. The van der Waals surface area contributed by atoms with Gasteiger partial charge in [0.2, 0.25) is 0 Å². The Balaban J connectivity index is 2.38. The van der Waals surface area contributed by atoms with Gasteiger partial charge in [0.15, 0.2) is 0 Å². The van der Waals surface area contributed by atoms with Gasteiger partial charge >= 0.3 is 0 Å². The Morgan fingerprint density at radius 1 is 1.41 bits per heavy atom. The van der Waals surface area contributed by atoms with Gasteiger partial charge in [-0.1, -0.05) is 20.8 Å². The predicted octanol–water partition coefficient (Wildman–Crippen LogP) is 2.00. The first kappa shape index (κ1) is 14.6. The molecule has 98 valence electrons. The highest BCUT2D eigenvalue weighted by molar-refractivity contribution is 7.07. The van der Waals surface area contributed by atoms with Crippen molar-refractivity contribution in [2.75, 3.05) is 6.61 Å². The smallest absolute Gasteiger partial charge is 0.0604 e. The largest absolute Gasteiger partial charge is 0.395 e. The van der Waals surface area contributed by atoms with Crippen molar-refractivity contribution < 1.29 is 10.2 Å². The zero-order valence-corrected chi connectivity index (χ0v) is 11.6. The monoisotopic (exact) mass is 257 g/mol. The van der Waals surface area contributed by atoms with Gasteiger partial charge in [0.25, 0.3) is 0 Å². The van der Waals surface area contributed by atoms with Crippen molar-refractivity contribution in [1.29, 1.82) is 0 Å². The lowest BCUT2D eigenvalue weighted by atomic mass is 9.85. The van der Waals surface area contributed by atoms with Crippen LogP contribution in [-0.2, 0) is 6.54 Å². The second-order valence-corrected chi connectivity index (χ2v) is 6.29. The van der Waals surface area contributed by atoms with E-state index in [9.17, 15) is 10.2 Å². The Bertz CT molecular complexity index is 306. The summed E-state index contributed by atoms with van der Waals surface area (Å²) in [6.45, 7) is 6.81. The summed E-state index contributed by atoms with van der Waals surface area (Å²) >= 11 is 1.67. The van der Waals surface area contributed by atoms with Crippen LogP contribution < -0.4 is 5.32 Å². The van der Waals surface area contributed by atoms with Crippen LogP contribution in [-0.4, -0.2) is 29.0 Å². The van der Waals surface area contributed by atoms with Crippen molar-refractivity contribution in [2.45, 2.75) is 45.9 Å². The van der Waals surface area contributed by atoms with E-state index in [-0.39, 0.29) is 18.1 Å². The molecule has 0 unspecified atom stereocenters. The highest BCUT2D eigenvalue weighted by atomic mass is 32.1. The van der Waals surface area contributed by atoms with Gasteiger partial charge in [-0.15, -0.1) is 0 Å². The molecule has 2 atom stereocenters. The van der Waals surface area contributed by atoms with Crippen molar-refractivity contribution in [3.05, 3.63) is 22.4 Å². The molecule has 0 spiro atoms. The fourth-order valence-corrected chi connectivity index (χ4v) is 2.17. The average molecular weight is 257 g/mol. The number of hydrogen-bond donors (Lipinski definition) is 3. The van der Waals surface area contributed by atoms with E-state index in [4.69, 9.17) is 0 Å². The lowest BCUT2D eigenvalue weighted by molar-refractivity contribution is 0.0389. The summed E-state index contributed by atoms with van der Waals surface area (Å²) in [6.07, 6.45) is 0.166. The third-order valence-corrected chi connectivity index (χ3v) is 3.63. The van der Waals surface area contributed by atoms with Crippen LogP contribution in [0.3, 0.4) is 0 Å². The molecule has 0 aromatic carbocycles. The third kappa shape index (κ3) is 5.17. The second-order valence-electron chi connectivity index (χ2n) is 5.51. The zero-order chi connectivity index (χ0) is 12.9. The Labute approximate surface area is 107 Å². The SMILES string of the molecule is CC(C)(C)[C@H](O)C[C@H](CO)NCc1ccsc1. The van der Waals surface area contributed by atoms with Gasteiger partial charge in [0.1, 0.15) is 0 Å². The summed E-state index contributed by atoms with van der Waals surface area (Å²) in [4.78, 5) is 0. The molecule has 0 aliphatic rings. The first-order valence-electron chi connectivity index (χ1n) is 5.97. The van der Waals surface area contributed by atoms with Crippen LogP contribution in [0, 0.1) is 5.41 Å². The van der Waals surface area contributed by atoms with Crippen molar-refractivity contribution in [3.8, 4) is 0 Å².